The largest absolute Gasteiger partial charge is 0.351 e. The van der Waals surface area contributed by atoms with Crippen molar-refractivity contribution in [3.05, 3.63) is 41.7 Å². The van der Waals surface area contributed by atoms with Crippen molar-refractivity contribution in [1.82, 2.24) is 4.57 Å². The quantitative estimate of drug-likeness (QED) is 0.642. The SMILES string of the molecule is C=Cc1c(C/C=C/C)c(CCC)cn1C. The van der Waals surface area contributed by atoms with Crippen LogP contribution < -0.4 is 0 Å². The monoisotopic (exact) mass is 203 g/mol. The minimum absolute atomic E-state index is 1.02. The highest BCUT2D eigenvalue weighted by molar-refractivity contribution is 5.52. The topological polar surface area (TPSA) is 4.93 Å². The molecule has 0 saturated carbocycles. The Morgan fingerprint density at radius 2 is 2.20 bits per heavy atom. The maximum absolute atomic E-state index is 3.89. The Morgan fingerprint density at radius 1 is 1.47 bits per heavy atom. The molecule has 0 fully saturated rings. The van der Waals surface area contributed by atoms with Gasteiger partial charge in [-0.25, -0.2) is 0 Å². The number of hydrogen-bond donors (Lipinski definition) is 0. The van der Waals surface area contributed by atoms with Crippen molar-refractivity contribution in [2.45, 2.75) is 33.1 Å². The maximum atomic E-state index is 3.89. The van der Waals surface area contributed by atoms with Gasteiger partial charge in [-0.1, -0.05) is 32.1 Å². The molecule has 0 bridgehead atoms. The Labute approximate surface area is 93.1 Å². The smallest absolute Gasteiger partial charge is 0.0436 e. The van der Waals surface area contributed by atoms with Crippen LogP contribution in [-0.2, 0) is 19.9 Å². The molecule has 1 rings (SSSR count). The van der Waals surface area contributed by atoms with Crippen molar-refractivity contribution in [3.63, 3.8) is 0 Å². The van der Waals surface area contributed by atoms with E-state index in [2.05, 4.69) is 50.4 Å². The fraction of sp³-hybridized carbons (Fsp3) is 0.429. The van der Waals surface area contributed by atoms with E-state index in [9.17, 15) is 0 Å². The summed E-state index contributed by atoms with van der Waals surface area (Å²) < 4.78 is 2.18. The van der Waals surface area contributed by atoms with Gasteiger partial charge in [0.05, 0.1) is 0 Å². The standard InChI is InChI=1S/C14H21N/c1-5-8-10-13-12(9-6-2)11-15(4)14(13)7-3/h5,7-8,11H,3,6,9-10H2,1-2,4H3/b8-5+. The molecule has 82 valence electrons. The van der Waals surface area contributed by atoms with E-state index < -0.39 is 0 Å². The number of hydrogen-bond acceptors (Lipinski definition) is 0. The zero-order chi connectivity index (χ0) is 11.3. The van der Waals surface area contributed by atoms with Crippen LogP contribution in [0.3, 0.4) is 0 Å². The second-order valence-corrected chi connectivity index (χ2v) is 3.86. The summed E-state index contributed by atoms with van der Waals surface area (Å²) in [7, 11) is 2.09. The number of nitrogens with zero attached hydrogens (tertiary/aromatic N) is 1. The Bertz CT molecular complexity index is 356. The highest BCUT2D eigenvalue weighted by atomic mass is 14.9. The van der Waals surface area contributed by atoms with Crippen molar-refractivity contribution < 1.29 is 0 Å². The third kappa shape index (κ3) is 2.62. The van der Waals surface area contributed by atoms with Crippen LogP contribution in [0, 0.1) is 0 Å². The first-order valence-corrected chi connectivity index (χ1v) is 5.65. The first-order chi connectivity index (χ1) is 7.24. The van der Waals surface area contributed by atoms with Gasteiger partial charge in [0.15, 0.2) is 0 Å². The van der Waals surface area contributed by atoms with Crippen molar-refractivity contribution in [2.75, 3.05) is 0 Å². The minimum Gasteiger partial charge on any atom is -0.351 e. The molecule has 0 aliphatic carbocycles. The van der Waals surface area contributed by atoms with Gasteiger partial charge in [-0.15, -0.1) is 0 Å². The molecule has 0 aromatic carbocycles. The second-order valence-electron chi connectivity index (χ2n) is 3.86. The molecule has 0 amide bonds. The highest BCUT2D eigenvalue weighted by Crippen LogP contribution is 2.20. The number of rotatable bonds is 5. The third-order valence-electron chi connectivity index (χ3n) is 2.70. The van der Waals surface area contributed by atoms with Crippen LogP contribution in [0.4, 0.5) is 0 Å². The third-order valence-corrected chi connectivity index (χ3v) is 2.70. The molecule has 0 spiro atoms. The van der Waals surface area contributed by atoms with Gasteiger partial charge in [0.1, 0.15) is 0 Å². The maximum Gasteiger partial charge on any atom is 0.0436 e. The molecule has 0 atom stereocenters. The zero-order valence-electron chi connectivity index (χ0n) is 10.1. The van der Waals surface area contributed by atoms with Crippen LogP contribution in [-0.4, -0.2) is 4.57 Å². The lowest BCUT2D eigenvalue weighted by Crippen LogP contribution is -1.92. The van der Waals surface area contributed by atoms with Gasteiger partial charge in [0, 0.05) is 18.9 Å². The van der Waals surface area contributed by atoms with E-state index in [0.717, 1.165) is 12.8 Å². The van der Waals surface area contributed by atoms with E-state index in [-0.39, 0.29) is 0 Å². The van der Waals surface area contributed by atoms with Crippen molar-refractivity contribution >= 4 is 6.08 Å². The van der Waals surface area contributed by atoms with Crippen molar-refractivity contribution in [3.8, 4) is 0 Å². The summed E-state index contributed by atoms with van der Waals surface area (Å²) in [6.07, 6.45) is 11.9. The lowest BCUT2D eigenvalue weighted by molar-refractivity contribution is 0.885. The van der Waals surface area contributed by atoms with E-state index in [1.54, 1.807) is 0 Å². The van der Waals surface area contributed by atoms with Crippen molar-refractivity contribution in [2.24, 2.45) is 7.05 Å². The molecule has 1 nitrogen and oxygen atoms in total. The lowest BCUT2D eigenvalue weighted by Gasteiger charge is -2.02. The summed E-state index contributed by atoms with van der Waals surface area (Å²) in [5, 5.41) is 0. The normalized spacial score (nSPS) is 11.1. The fourth-order valence-electron chi connectivity index (χ4n) is 1.98. The molecule has 0 radical (unpaired) electrons. The summed E-state index contributed by atoms with van der Waals surface area (Å²) >= 11 is 0. The van der Waals surface area contributed by atoms with Gasteiger partial charge in [-0.3, -0.25) is 0 Å². The van der Waals surface area contributed by atoms with Gasteiger partial charge in [-0.05, 0) is 37.0 Å². The molecule has 1 heterocycles. The van der Waals surface area contributed by atoms with Crippen LogP contribution >= 0.6 is 0 Å². The predicted molar refractivity (Wildman–Crippen MR) is 68.0 cm³/mol. The van der Waals surface area contributed by atoms with Crippen molar-refractivity contribution in [1.29, 1.82) is 0 Å². The molecule has 1 heteroatoms. The second kappa shape index (κ2) is 5.59. The zero-order valence-corrected chi connectivity index (χ0v) is 10.1. The van der Waals surface area contributed by atoms with Gasteiger partial charge in [-0.2, -0.15) is 0 Å². The highest BCUT2D eigenvalue weighted by Gasteiger charge is 2.09. The van der Waals surface area contributed by atoms with E-state index in [1.165, 1.54) is 23.2 Å². The minimum atomic E-state index is 1.02. The average Bonchev–Trinajstić information content (AvgIpc) is 2.52. The molecule has 1 aromatic rings. The summed E-state index contributed by atoms with van der Waals surface area (Å²) in [6.45, 7) is 8.18. The molecular formula is C14H21N. The number of allylic oxidation sites excluding steroid dienone is 2. The molecule has 0 saturated heterocycles. The molecule has 0 N–H and O–H groups in total. The summed E-state index contributed by atoms with van der Waals surface area (Å²) in [4.78, 5) is 0. The number of aryl methyl sites for hydroxylation is 2. The van der Waals surface area contributed by atoms with Gasteiger partial charge >= 0.3 is 0 Å². The Morgan fingerprint density at radius 3 is 2.73 bits per heavy atom. The van der Waals surface area contributed by atoms with Gasteiger partial charge in [0.25, 0.3) is 0 Å². The molecule has 0 aliphatic rings. The van der Waals surface area contributed by atoms with E-state index >= 15 is 0 Å². The Hall–Kier alpha value is -1.24. The van der Waals surface area contributed by atoms with E-state index in [4.69, 9.17) is 0 Å². The Balaban J connectivity index is 3.09. The first-order valence-electron chi connectivity index (χ1n) is 5.65. The van der Waals surface area contributed by atoms with Crippen LogP contribution in [0.1, 0.15) is 37.1 Å². The Kier molecular flexibility index (Phi) is 4.41. The van der Waals surface area contributed by atoms with E-state index in [1.807, 2.05) is 6.08 Å². The van der Waals surface area contributed by atoms with Gasteiger partial charge < -0.3 is 4.57 Å². The summed E-state index contributed by atoms with van der Waals surface area (Å²) in [6, 6.07) is 0. The van der Waals surface area contributed by atoms with E-state index in [0.29, 0.717) is 0 Å². The van der Waals surface area contributed by atoms with Crippen LogP contribution in [0.5, 0.6) is 0 Å². The fourth-order valence-corrected chi connectivity index (χ4v) is 1.98. The molecule has 0 unspecified atom stereocenters. The van der Waals surface area contributed by atoms with Crippen LogP contribution in [0.2, 0.25) is 0 Å². The summed E-state index contributed by atoms with van der Waals surface area (Å²) in [5.41, 5.74) is 4.16. The first kappa shape index (κ1) is 11.8. The average molecular weight is 203 g/mol. The lowest BCUT2D eigenvalue weighted by atomic mass is 10.0. The summed E-state index contributed by atoms with van der Waals surface area (Å²) in [5.74, 6) is 0. The van der Waals surface area contributed by atoms with Gasteiger partial charge in [0.2, 0.25) is 0 Å². The molecule has 0 aliphatic heterocycles. The molecule has 1 aromatic heterocycles. The predicted octanol–water partition coefficient (Wildman–Crippen LogP) is 3.74. The molecular weight excluding hydrogens is 182 g/mol. The number of aromatic nitrogens is 1. The molecule has 15 heavy (non-hydrogen) atoms. The van der Waals surface area contributed by atoms with Crippen LogP contribution in [0.25, 0.3) is 6.08 Å². The van der Waals surface area contributed by atoms with Crippen LogP contribution in [0.15, 0.2) is 24.9 Å².